The van der Waals surface area contributed by atoms with E-state index in [0.717, 1.165) is 12.3 Å². The fourth-order valence-corrected chi connectivity index (χ4v) is 2.40. The second-order valence-corrected chi connectivity index (χ2v) is 5.26. The van der Waals surface area contributed by atoms with Crippen LogP contribution in [0.15, 0.2) is 36.4 Å². The monoisotopic (exact) mass is 271 g/mol. The Morgan fingerprint density at radius 1 is 1.10 bits per heavy atom. The lowest BCUT2D eigenvalue weighted by atomic mass is 10.0. The molecule has 0 aliphatic heterocycles. The van der Waals surface area contributed by atoms with Crippen molar-refractivity contribution in [3.63, 3.8) is 0 Å². The fourth-order valence-electron chi connectivity index (χ4n) is 2.40. The van der Waals surface area contributed by atoms with E-state index in [1.807, 2.05) is 0 Å². The lowest BCUT2D eigenvalue weighted by molar-refractivity contribution is 0.146. The highest BCUT2D eigenvalue weighted by Gasteiger charge is 2.21. The van der Waals surface area contributed by atoms with Gasteiger partial charge in [-0.15, -0.1) is 0 Å². The molecule has 1 N–H and O–H groups in total. The minimum absolute atomic E-state index is 0.589. The quantitative estimate of drug-likeness (QED) is 0.785. The maximum absolute atomic E-state index is 5.87. The summed E-state index contributed by atoms with van der Waals surface area (Å²) in [6.45, 7) is 2.07. The Morgan fingerprint density at radius 3 is 2.75 bits per heavy atom. The maximum Gasteiger partial charge on any atom is 0.124 e. The van der Waals surface area contributed by atoms with Crippen LogP contribution in [0.2, 0.25) is 0 Å². The third-order valence-corrected chi connectivity index (χ3v) is 3.69. The van der Waals surface area contributed by atoms with Crippen molar-refractivity contribution in [3.8, 4) is 5.75 Å². The van der Waals surface area contributed by atoms with Crippen molar-refractivity contribution < 1.29 is 9.47 Å². The Kier molecular flexibility index (Phi) is 4.19. The first kappa shape index (κ1) is 13.4. The molecule has 3 rings (SSSR count). The van der Waals surface area contributed by atoms with E-state index in [-0.39, 0.29) is 0 Å². The van der Waals surface area contributed by atoms with Crippen LogP contribution in [0.1, 0.15) is 18.4 Å². The number of nitrogens with one attached hydrogen (secondary N) is 1. The molecule has 1 fully saturated rings. The molecule has 0 radical (unpaired) electrons. The van der Waals surface area contributed by atoms with Crippen molar-refractivity contribution in [2.45, 2.75) is 25.4 Å². The van der Waals surface area contributed by atoms with Crippen LogP contribution in [-0.4, -0.2) is 26.4 Å². The van der Waals surface area contributed by atoms with Crippen molar-refractivity contribution in [1.29, 1.82) is 0 Å². The SMILES string of the molecule is COCCOc1ccc2ccccc2c1CNC1CC1. The number of fused-ring (bicyclic) bond motifs is 1. The first-order valence-electron chi connectivity index (χ1n) is 7.24. The predicted octanol–water partition coefficient (Wildman–Crippen LogP) is 3.12. The molecule has 0 bridgehead atoms. The normalized spacial score (nSPS) is 14.7. The Balaban J connectivity index is 1.87. The molecule has 2 aromatic rings. The third kappa shape index (κ3) is 3.11. The Morgan fingerprint density at radius 2 is 1.95 bits per heavy atom. The summed E-state index contributed by atoms with van der Waals surface area (Å²) in [5.41, 5.74) is 1.26. The Bertz CT molecular complexity index is 578. The van der Waals surface area contributed by atoms with Gasteiger partial charge in [-0.2, -0.15) is 0 Å². The smallest absolute Gasteiger partial charge is 0.124 e. The minimum atomic E-state index is 0.589. The number of hydrogen-bond acceptors (Lipinski definition) is 3. The van der Waals surface area contributed by atoms with Gasteiger partial charge in [-0.05, 0) is 29.7 Å². The van der Waals surface area contributed by atoms with Gasteiger partial charge in [0.15, 0.2) is 0 Å². The largest absolute Gasteiger partial charge is 0.491 e. The van der Waals surface area contributed by atoms with Crippen LogP contribution >= 0.6 is 0 Å². The topological polar surface area (TPSA) is 30.5 Å². The number of benzene rings is 2. The van der Waals surface area contributed by atoms with Gasteiger partial charge in [-0.25, -0.2) is 0 Å². The molecule has 0 amide bonds. The van der Waals surface area contributed by atoms with Crippen LogP contribution in [0.5, 0.6) is 5.75 Å². The molecule has 3 heteroatoms. The highest BCUT2D eigenvalue weighted by atomic mass is 16.5. The van der Waals surface area contributed by atoms with Gasteiger partial charge in [0, 0.05) is 25.3 Å². The highest BCUT2D eigenvalue weighted by molar-refractivity contribution is 5.87. The molecule has 0 atom stereocenters. The molecule has 0 aromatic heterocycles. The summed E-state index contributed by atoms with van der Waals surface area (Å²) in [4.78, 5) is 0. The van der Waals surface area contributed by atoms with Crippen LogP contribution in [0, 0.1) is 0 Å². The molecular formula is C17H21NO2. The average molecular weight is 271 g/mol. The zero-order valence-corrected chi connectivity index (χ0v) is 11.9. The number of ether oxygens (including phenoxy) is 2. The van der Waals surface area contributed by atoms with Gasteiger partial charge in [0.25, 0.3) is 0 Å². The van der Waals surface area contributed by atoms with E-state index in [0.29, 0.717) is 19.3 Å². The van der Waals surface area contributed by atoms with Gasteiger partial charge >= 0.3 is 0 Å². The maximum atomic E-state index is 5.87. The van der Waals surface area contributed by atoms with Crippen LogP contribution in [0.4, 0.5) is 0 Å². The average Bonchev–Trinajstić information content (AvgIpc) is 3.30. The first-order chi connectivity index (χ1) is 9.88. The number of hydrogen-bond donors (Lipinski definition) is 1. The van der Waals surface area contributed by atoms with Crippen molar-refractivity contribution in [2.24, 2.45) is 0 Å². The Hall–Kier alpha value is -1.58. The number of methoxy groups -OCH3 is 1. The number of rotatable bonds is 7. The van der Waals surface area contributed by atoms with Crippen molar-refractivity contribution in [3.05, 3.63) is 42.0 Å². The molecular weight excluding hydrogens is 250 g/mol. The van der Waals surface area contributed by atoms with Crippen LogP contribution in [0.25, 0.3) is 10.8 Å². The summed E-state index contributed by atoms with van der Waals surface area (Å²) in [7, 11) is 1.69. The van der Waals surface area contributed by atoms with Gasteiger partial charge in [-0.3, -0.25) is 0 Å². The molecule has 106 valence electrons. The van der Waals surface area contributed by atoms with E-state index in [4.69, 9.17) is 9.47 Å². The summed E-state index contributed by atoms with van der Waals surface area (Å²) in [6, 6.07) is 13.4. The van der Waals surface area contributed by atoms with Gasteiger partial charge < -0.3 is 14.8 Å². The lowest BCUT2D eigenvalue weighted by Gasteiger charge is -2.14. The van der Waals surface area contributed by atoms with Gasteiger partial charge in [0.1, 0.15) is 12.4 Å². The van der Waals surface area contributed by atoms with Crippen LogP contribution in [-0.2, 0) is 11.3 Å². The van der Waals surface area contributed by atoms with Gasteiger partial charge in [0.05, 0.1) is 6.61 Å². The third-order valence-electron chi connectivity index (χ3n) is 3.69. The van der Waals surface area contributed by atoms with E-state index in [1.165, 1.54) is 29.2 Å². The van der Waals surface area contributed by atoms with Crippen molar-refractivity contribution in [1.82, 2.24) is 5.32 Å². The fraction of sp³-hybridized carbons (Fsp3) is 0.412. The van der Waals surface area contributed by atoms with E-state index >= 15 is 0 Å². The summed E-state index contributed by atoms with van der Waals surface area (Å²) >= 11 is 0. The van der Waals surface area contributed by atoms with Gasteiger partial charge in [-0.1, -0.05) is 30.3 Å². The second-order valence-electron chi connectivity index (χ2n) is 5.26. The molecule has 1 aliphatic rings. The molecule has 2 aromatic carbocycles. The van der Waals surface area contributed by atoms with E-state index in [9.17, 15) is 0 Å². The zero-order chi connectivity index (χ0) is 13.8. The summed E-state index contributed by atoms with van der Waals surface area (Å²) in [5.74, 6) is 0.967. The van der Waals surface area contributed by atoms with Crippen LogP contribution < -0.4 is 10.1 Å². The molecule has 1 aliphatic carbocycles. The van der Waals surface area contributed by atoms with Crippen molar-refractivity contribution >= 4 is 10.8 Å². The predicted molar refractivity (Wildman–Crippen MR) is 81.2 cm³/mol. The molecule has 0 saturated heterocycles. The molecule has 3 nitrogen and oxygen atoms in total. The highest BCUT2D eigenvalue weighted by Crippen LogP contribution is 2.29. The molecule has 0 heterocycles. The molecule has 1 saturated carbocycles. The molecule has 0 unspecified atom stereocenters. The van der Waals surface area contributed by atoms with Crippen molar-refractivity contribution in [2.75, 3.05) is 20.3 Å². The standard InChI is InChI=1S/C17H21NO2/c1-19-10-11-20-17-9-6-13-4-2-3-5-15(13)16(17)12-18-14-7-8-14/h2-6,9,14,18H,7-8,10-12H2,1H3. The van der Waals surface area contributed by atoms with Crippen LogP contribution in [0.3, 0.4) is 0 Å². The zero-order valence-electron chi connectivity index (χ0n) is 11.9. The summed E-state index contributed by atoms with van der Waals surface area (Å²) in [5, 5.41) is 6.12. The molecule has 20 heavy (non-hydrogen) atoms. The van der Waals surface area contributed by atoms with E-state index < -0.39 is 0 Å². The lowest BCUT2D eigenvalue weighted by Crippen LogP contribution is -2.17. The summed E-state index contributed by atoms with van der Waals surface area (Å²) < 4.78 is 10.9. The van der Waals surface area contributed by atoms with E-state index in [2.05, 4.69) is 41.7 Å². The Labute approximate surface area is 119 Å². The van der Waals surface area contributed by atoms with Gasteiger partial charge in [0.2, 0.25) is 0 Å². The summed E-state index contributed by atoms with van der Waals surface area (Å²) in [6.07, 6.45) is 2.59. The first-order valence-corrected chi connectivity index (χ1v) is 7.24. The van der Waals surface area contributed by atoms with E-state index in [1.54, 1.807) is 7.11 Å². The second kappa shape index (κ2) is 6.25. The molecule has 0 spiro atoms. The minimum Gasteiger partial charge on any atom is -0.491 e.